The van der Waals surface area contributed by atoms with Crippen molar-refractivity contribution in [1.29, 1.82) is 0 Å². The van der Waals surface area contributed by atoms with Crippen molar-refractivity contribution in [2.75, 3.05) is 6.54 Å². The summed E-state index contributed by atoms with van der Waals surface area (Å²) in [5, 5.41) is 17.9. The van der Waals surface area contributed by atoms with Gasteiger partial charge in [-0.2, -0.15) is 0 Å². The molecule has 4 amide bonds. The lowest BCUT2D eigenvalue weighted by molar-refractivity contribution is -0.143. The number of aromatic nitrogens is 1. The van der Waals surface area contributed by atoms with Crippen LogP contribution in [0.15, 0.2) is 30.5 Å². The molecule has 0 saturated heterocycles. The van der Waals surface area contributed by atoms with Gasteiger partial charge in [-0.3, -0.25) is 19.2 Å². The van der Waals surface area contributed by atoms with Crippen molar-refractivity contribution in [3.63, 3.8) is 0 Å². The van der Waals surface area contributed by atoms with Crippen molar-refractivity contribution >= 4 is 40.5 Å². The zero-order valence-electron chi connectivity index (χ0n) is 22.9. The van der Waals surface area contributed by atoms with Crippen molar-refractivity contribution < 1.29 is 29.1 Å². The van der Waals surface area contributed by atoms with Crippen molar-refractivity contribution in [3.8, 4) is 0 Å². The topological polar surface area (TPSA) is 236 Å². The van der Waals surface area contributed by atoms with Gasteiger partial charge in [0.15, 0.2) is 0 Å². The summed E-state index contributed by atoms with van der Waals surface area (Å²) in [5.41, 5.74) is 18.4. The zero-order valence-corrected chi connectivity index (χ0v) is 22.9. The maximum Gasteiger partial charge on any atom is 0.326 e. The number of aromatic amines is 1. The van der Waals surface area contributed by atoms with Crippen LogP contribution >= 0.6 is 0 Å². The Morgan fingerprint density at radius 3 is 2.17 bits per heavy atom. The van der Waals surface area contributed by atoms with Crippen LogP contribution in [0, 0.1) is 5.92 Å². The summed E-state index contributed by atoms with van der Waals surface area (Å²) in [7, 11) is 0. The summed E-state index contributed by atoms with van der Waals surface area (Å²) in [6.07, 6.45) is 2.82. The normalized spacial score (nSPS) is 14.2. The molecule has 0 fully saturated rings. The first-order valence-electron chi connectivity index (χ1n) is 13.4. The Hall–Kier alpha value is -3.97. The van der Waals surface area contributed by atoms with Crippen LogP contribution in [0.4, 0.5) is 0 Å². The molecule has 40 heavy (non-hydrogen) atoms. The number of H-pyrrole nitrogens is 1. The van der Waals surface area contributed by atoms with E-state index in [0.29, 0.717) is 25.8 Å². The molecule has 0 saturated carbocycles. The van der Waals surface area contributed by atoms with Crippen molar-refractivity contribution in [1.82, 2.24) is 20.9 Å². The first kappa shape index (κ1) is 32.2. The second-order valence-electron chi connectivity index (χ2n) is 10.3. The molecule has 0 radical (unpaired) electrons. The molecule has 4 atom stereocenters. The molecule has 0 bridgehead atoms. The van der Waals surface area contributed by atoms with Crippen LogP contribution in [0.1, 0.15) is 51.5 Å². The first-order chi connectivity index (χ1) is 18.9. The molecule has 13 heteroatoms. The Morgan fingerprint density at radius 1 is 0.925 bits per heavy atom. The summed E-state index contributed by atoms with van der Waals surface area (Å²) >= 11 is 0. The molecule has 4 unspecified atom stereocenters. The zero-order chi connectivity index (χ0) is 29.8. The molecular weight excluding hydrogens is 518 g/mol. The summed E-state index contributed by atoms with van der Waals surface area (Å²) in [6, 6.07) is 2.85. The number of carbonyl (C=O) groups is 5. The fourth-order valence-corrected chi connectivity index (χ4v) is 4.33. The number of nitrogens with one attached hydrogen (secondary N) is 4. The van der Waals surface area contributed by atoms with Gasteiger partial charge in [-0.05, 0) is 49.8 Å². The number of hydrogen-bond acceptors (Lipinski definition) is 7. The van der Waals surface area contributed by atoms with E-state index in [1.807, 2.05) is 38.1 Å². The first-order valence-corrected chi connectivity index (χ1v) is 13.4. The number of benzene rings is 1. The predicted octanol–water partition coefficient (Wildman–Crippen LogP) is -0.373. The van der Waals surface area contributed by atoms with Crippen LogP contribution in [-0.2, 0) is 30.4 Å². The Kier molecular flexibility index (Phi) is 12.6. The van der Waals surface area contributed by atoms with Crippen molar-refractivity contribution in [2.45, 2.75) is 76.5 Å². The van der Waals surface area contributed by atoms with Gasteiger partial charge in [0.1, 0.15) is 18.1 Å². The number of aliphatic carboxylic acids is 1. The number of unbranched alkanes of at least 4 members (excludes halogenated alkanes) is 1. The van der Waals surface area contributed by atoms with Crippen LogP contribution in [-0.4, -0.2) is 70.4 Å². The van der Waals surface area contributed by atoms with Gasteiger partial charge in [-0.1, -0.05) is 32.0 Å². The lowest BCUT2D eigenvalue weighted by Gasteiger charge is -2.25. The van der Waals surface area contributed by atoms with Crippen LogP contribution < -0.4 is 33.2 Å². The largest absolute Gasteiger partial charge is 0.480 e. The minimum Gasteiger partial charge on any atom is -0.480 e. The predicted molar refractivity (Wildman–Crippen MR) is 150 cm³/mol. The fraction of sp³-hybridized carbons (Fsp3) is 0.519. The number of carboxylic acids is 1. The van der Waals surface area contributed by atoms with Crippen LogP contribution in [0.2, 0.25) is 0 Å². The van der Waals surface area contributed by atoms with E-state index in [9.17, 15) is 29.1 Å². The maximum absolute atomic E-state index is 13.6. The molecule has 0 aliphatic heterocycles. The Balaban J connectivity index is 2.30. The highest BCUT2D eigenvalue weighted by Crippen LogP contribution is 2.19. The third-order valence-electron chi connectivity index (χ3n) is 6.39. The van der Waals surface area contributed by atoms with E-state index in [1.54, 1.807) is 6.20 Å². The summed E-state index contributed by atoms with van der Waals surface area (Å²) in [5.74, 6) is -4.15. The van der Waals surface area contributed by atoms with Gasteiger partial charge in [0.2, 0.25) is 23.6 Å². The fourth-order valence-electron chi connectivity index (χ4n) is 4.33. The van der Waals surface area contributed by atoms with E-state index in [4.69, 9.17) is 17.2 Å². The molecule has 0 aliphatic carbocycles. The Morgan fingerprint density at radius 2 is 1.55 bits per heavy atom. The van der Waals surface area contributed by atoms with Gasteiger partial charge in [0, 0.05) is 23.5 Å². The number of rotatable bonds is 17. The van der Waals surface area contributed by atoms with Gasteiger partial charge in [-0.15, -0.1) is 0 Å². The molecule has 1 aromatic carbocycles. The van der Waals surface area contributed by atoms with Gasteiger partial charge < -0.3 is 43.2 Å². The minimum absolute atomic E-state index is 0.104. The van der Waals surface area contributed by atoms with Gasteiger partial charge in [0.05, 0.1) is 12.5 Å². The summed E-state index contributed by atoms with van der Waals surface area (Å²) < 4.78 is 0. The monoisotopic (exact) mass is 559 g/mol. The number of hydrogen-bond donors (Lipinski definition) is 8. The highest BCUT2D eigenvalue weighted by Gasteiger charge is 2.31. The van der Waals surface area contributed by atoms with Gasteiger partial charge in [-0.25, -0.2) is 4.79 Å². The third kappa shape index (κ3) is 9.97. The maximum atomic E-state index is 13.6. The molecule has 1 aromatic heterocycles. The van der Waals surface area contributed by atoms with E-state index in [1.165, 1.54) is 0 Å². The lowest BCUT2D eigenvalue weighted by atomic mass is 10.0. The number of fused-ring (bicyclic) bond motifs is 1. The van der Waals surface area contributed by atoms with Crippen LogP contribution in [0.5, 0.6) is 0 Å². The molecular formula is C27H41N7O6. The second-order valence-corrected chi connectivity index (χ2v) is 10.3. The number of nitrogens with two attached hydrogens (primary N) is 3. The molecule has 2 rings (SSSR count). The molecule has 0 aliphatic rings. The average molecular weight is 560 g/mol. The SMILES string of the molecule is CC(C)CC(N)C(=O)NC(Cc1c[nH]c2ccccc12)C(=O)NC(CCCCN)C(=O)NC(CC(N)=O)C(=O)O. The molecule has 220 valence electrons. The van der Waals surface area contributed by atoms with Gasteiger partial charge >= 0.3 is 5.97 Å². The van der Waals surface area contributed by atoms with Crippen LogP contribution in [0.3, 0.4) is 0 Å². The Labute approximate surface area is 233 Å². The molecule has 2 aromatic rings. The standard InChI is InChI=1S/C27H41N7O6/c1-15(2)11-18(29)24(36)33-21(12-16-14-31-19-8-4-3-7-17(16)19)26(38)32-20(9-5-6-10-28)25(37)34-22(27(39)40)13-23(30)35/h3-4,7-8,14-15,18,20-22,31H,5-6,9-13,28-29H2,1-2H3,(H2,30,35)(H,32,38)(H,33,36)(H,34,37)(H,39,40). The molecule has 0 spiro atoms. The molecule has 13 nitrogen and oxygen atoms in total. The third-order valence-corrected chi connectivity index (χ3v) is 6.39. The van der Waals surface area contributed by atoms with E-state index in [-0.39, 0.29) is 18.8 Å². The number of para-hydroxylation sites is 1. The highest BCUT2D eigenvalue weighted by molar-refractivity contribution is 5.95. The van der Waals surface area contributed by atoms with E-state index in [2.05, 4.69) is 20.9 Å². The average Bonchev–Trinajstić information content (AvgIpc) is 3.29. The molecule has 1 heterocycles. The van der Waals surface area contributed by atoms with E-state index < -0.39 is 60.2 Å². The van der Waals surface area contributed by atoms with Crippen molar-refractivity contribution in [2.24, 2.45) is 23.1 Å². The van der Waals surface area contributed by atoms with E-state index >= 15 is 0 Å². The lowest BCUT2D eigenvalue weighted by Crippen LogP contribution is -2.57. The van der Waals surface area contributed by atoms with Gasteiger partial charge in [0.25, 0.3) is 0 Å². The number of amides is 4. The summed E-state index contributed by atoms with van der Waals surface area (Å²) in [6.45, 7) is 4.21. The Bertz CT molecular complexity index is 1180. The second kappa shape index (κ2) is 15.6. The van der Waals surface area contributed by atoms with Crippen molar-refractivity contribution in [3.05, 3.63) is 36.0 Å². The molecule has 11 N–H and O–H groups in total. The number of primary amides is 1. The van der Waals surface area contributed by atoms with Crippen LogP contribution in [0.25, 0.3) is 10.9 Å². The smallest absolute Gasteiger partial charge is 0.326 e. The minimum atomic E-state index is -1.56. The number of carboxylic acid groups (broad SMARTS) is 1. The highest BCUT2D eigenvalue weighted by atomic mass is 16.4. The quantitative estimate of drug-likeness (QED) is 0.119. The number of carbonyl (C=O) groups excluding carboxylic acids is 4. The van der Waals surface area contributed by atoms with E-state index in [0.717, 1.165) is 16.5 Å². The summed E-state index contributed by atoms with van der Waals surface area (Å²) in [4.78, 5) is 65.5.